The lowest BCUT2D eigenvalue weighted by Gasteiger charge is -2.52. The molecule has 2 aliphatic rings. The molecule has 2 heterocycles. The van der Waals surface area contributed by atoms with Crippen LogP contribution >= 0.6 is 0 Å². The average molecular weight is 364 g/mol. The second-order valence-corrected chi connectivity index (χ2v) is 8.37. The van der Waals surface area contributed by atoms with Crippen LogP contribution in [0.1, 0.15) is 31.4 Å². The van der Waals surface area contributed by atoms with Crippen molar-refractivity contribution in [1.82, 2.24) is 10.2 Å². The van der Waals surface area contributed by atoms with Crippen LogP contribution < -0.4 is 5.32 Å². The Morgan fingerprint density at radius 2 is 1.96 bits per heavy atom. The molecule has 0 bridgehead atoms. The smallest absolute Gasteiger partial charge is 0.240 e. The minimum Gasteiger partial charge on any atom is -0.508 e. The van der Waals surface area contributed by atoms with E-state index in [9.17, 15) is 9.90 Å². The van der Waals surface area contributed by atoms with Crippen molar-refractivity contribution in [2.75, 3.05) is 13.1 Å². The molecule has 0 saturated carbocycles. The van der Waals surface area contributed by atoms with E-state index in [2.05, 4.69) is 42.3 Å². The van der Waals surface area contributed by atoms with E-state index in [1.54, 1.807) is 6.07 Å². The highest BCUT2D eigenvalue weighted by Gasteiger charge is 2.47. The third-order valence-electron chi connectivity index (χ3n) is 6.63. The fourth-order valence-electron chi connectivity index (χ4n) is 4.74. The normalized spacial score (nSPS) is 30.8. The zero-order valence-corrected chi connectivity index (χ0v) is 16.1. The number of amides is 1. The van der Waals surface area contributed by atoms with Crippen molar-refractivity contribution < 1.29 is 9.90 Å². The average Bonchev–Trinajstić information content (AvgIpc) is 2.67. The predicted molar refractivity (Wildman–Crippen MR) is 107 cm³/mol. The van der Waals surface area contributed by atoms with Gasteiger partial charge in [0.1, 0.15) is 5.75 Å². The highest BCUT2D eigenvalue weighted by atomic mass is 16.3. The molecule has 2 saturated heterocycles. The van der Waals surface area contributed by atoms with Gasteiger partial charge in [0.15, 0.2) is 0 Å². The summed E-state index contributed by atoms with van der Waals surface area (Å²) in [6.07, 6.45) is 1.65. The van der Waals surface area contributed by atoms with E-state index in [1.165, 1.54) is 5.56 Å². The van der Waals surface area contributed by atoms with E-state index in [4.69, 9.17) is 0 Å². The van der Waals surface area contributed by atoms with Crippen LogP contribution in [0, 0.1) is 5.92 Å². The zero-order chi connectivity index (χ0) is 19.0. The number of aromatic hydroxyl groups is 1. The first-order chi connectivity index (χ1) is 13.0. The molecule has 4 heteroatoms. The molecule has 2 aromatic rings. The van der Waals surface area contributed by atoms with Crippen LogP contribution in [0.2, 0.25) is 0 Å². The first-order valence-corrected chi connectivity index (χ1v) is 9.84. The lowest BCUT2D eigenvalue weighted by molar-refractivity contribution is -0.143. The molecule has 4 rings (SSSR count). The number of carbonyl (C=O) groups is 1. The Morgan fingerprint density at radius 1 is 1.19 bits per heavy atom. The summed E-state index contributed by atoms with van der Waals surface area (Å²) in [6.45, 7) is 6.08. The molecule has 0 radical (unpaired) electrons. The third kappa shape index (κ3) is 3.34. The molecule has 2 fully saturated rings. The van der Waals surface area contributed by atoms with Gasteiger partial charge >= 0.3 is 0 Å². The Bertz CT molecular complexity index is 822. The van der Waals surface area contributed by atoms with Gasteiger partial charge in [-0.05, 0) is 47.4 Å². The van der Waals surface area contributed by atoms with Crippen LogP contribution in [0.15, 0.2) is 54.6 Å². The molecule has 0 unspecified atom stereocenters. The van der Waals surface area contributed by atoms with Crippen molar-refractivity contribution >= 4 is 5.91 Å². The summed E-state index contributed by atoms with van der Waals surface area (Å²) >= 11 is 0. The van der Waals surface area contributed by atoms with Crippen molar-refractivity contribution in [2.24, 2.45) is 5.92 Å². The maximum absolute atomic E-state index is 13.1. The van der Waals surface area contributed by atoms with Crippen LogP contribution in [0.5, 0.6) is 5.75 Å². The number of nitrogens with zero attached hydrogens (tertiary/aromatic N) is 1. The number of carbonyl (C=O) groups excluding carboxylic acids is 1. The van der Waals surface area contributed by atoms with E-state index in [1.807, 2.05) is 30.3 Å². The minimum absolute atomic E-state index is 0.0475. The molecule has 142 valence electrons. The molecular formula is C23H28N2O2. The number of hydrogen-bond donors (Lipinski definition) is 2. The second-order valence-electron chi connectivity index (χ2n) is 8.37. The van der Waals surface area contributed by atoms with Crippen LogP contribution in [0.25, 0.3) is 0 Å². The Morgan fingerprint density at radius 3 is 2.70 bits per heavy atom. The molecule has 0 aromatic heterocycles. The molecular weight excluding hydrogens is 336 g/mol. The van der Waals surface area contributed by atoms with Gasteiger partial charge < -0.3 is 15.3 Å². The van der Waals surface area contributed by atoms with E-state index in [0.29, 0.717) is 11.7 Å². The number of fused-ring (bicyclic) bond motifs is 1. The maximum atomic E-state index is 13.1. The van der Waals surface area contributed by atoms with E-state index in [0.717, 1.165) is 31.5 Å². The minimum atomic E-state index is -0.138. The summed E-state index contributed by atoms with van der Waals surface area (Å²) in [7, 11) is 0. The van der Waals surface area contributed by atoms with Crippen molar-refractivity contribution in [3.05, 3.63) is 65.7 Å². The summed E-state index contributed by atoms with van der Waals surface area (Å²) in [4.78, 5) is 15.2. The Hall–Kier alpha value is -2.33. The number of phenolic OH excluding ortho intramolecular Hbond substituents is 1. The first kappa shape index (κ1) is 18.1. The molecule has 4 nitrogen and oxygen atoms in total. The summed E-state index contributed by atoms with van der Waals surface area (Å²) < 4.78 is 0. The van der Waals surface area contributed by atoms with Crippen LogP contribution in [-0.4, -0.2) is 41.1 Å². The van der Waals surface area contributed by atoms with Crippen LogP contribution in [-0.2, 0) is 16.6 Å². The molecule has 27 heavy (non-hydrogen) atoms. The molecule has 4 atom stereocenters. The zero-order valence-electron chi connectivity index (χ0n) is 16.1. The molecule has 0 spiro atoms. The summed E-state index contributed by atoms with van der Waals surface area (Å²) in [6, 6.07) is 17.9. The molecule has 0 aliphatic carbocycles. The molecule has 2 N–H and O–H groups in total. The van der Waals surface area contributed by atoms with Gasteiger partial charge in [0.25, 0.3) is 0 Å². The van der Waals surface area contributed by atoms with E-state index in [-0.39, 0.29) is 23.4 Å². The Kier molecular flexibility index (Phi) is 4.68. The topological polar surface area (TPSA) is 52.6 Å². The van der Waals surface area contributed by atoms with Crippen LogP contribution in [0.4, 0.5) is 0 Å². The number of nitrogens with one attached hydrogen (secondary N) is 1. The summed E-state index contributed by atoms with van der Waals surface area (Å²) in [5, 5.41) is 13.4. The van der Waals surface area contributed by atoms with Crippen molar-refractivity contribution in [1.29, 1.82) is 0 Å². The van der Waals surface area contributed by atoms with E-state index < -0.39 is 0 Å². The predicted octanol–water partition coefficient (Wildman–Crippen LogP) is 3.10. The van der Waals surface area contributed by atoms with Gasteiger partial charge in [0.05, 0.1) is 6.04 Å². The van der Waals surface area contributed by atoms with Crippen LogP contribution in [0.3, 0.4) is 0 Å². The number of hydrogen-bond acceptors (Lipinski definition) is 3. The number of piperidine rings is 1. The van der Waals surface area contributed by atoms with Crippen molar-refractivity contribution in [2.45, 2.75) is 44.2 Å². The van der Waals surface area contributed by atoms with Gasteiger partial charge in [-0.2, -0.15) is 0 Å². The maximum Gasteiger partial charge on any atom is 0.240 e. The second kappa shape index (κ2) is 7.01. The first-order valence-electron chi connectivity index (χ1n) is 9.84. The van der Waals surface area contributed by atoms with Gasteiger partial charge in [0, 0.05) is 19.1 Å². The van der Waals surface area contributed by atoms with Gasteiger partial charge in [-0.15, -0.1) is 0 Å². The lowest BCUT2D eigenvalue weighted by Crippen LogP contribution is -2.66. The largest absolute Gasteiger partial charge is 0.508 e. The number of rotatable bonds is 3. The Labute approximate surface area is 161 Å². The number of benzene rings is 2. The highest BCUT2D eigenvalue weighted by Crippen LogP contribution is 2.43. The van der Waals surface area contributed by atoms with Gasteiger partial charge in [-0.3, -0.25) is 4.79 Å². The summed E-state index contributed by atoms with van der Waals surface area (Å²) in [5.41, 5.74) is 2.30. The van der Waals surface area contributed by atoms with Crippen molar-refractivity contribution in [3.8, 4) is 5.75 Å². The van der Waals surface area contributed by atoms with E-state index >= 15 is 0 Å². The fourth-order valence-corrected chi connectivity index (χ4v) is 4.74. The van der Waals surface area contributed by atoms with Gasteiger partial charge in [-0.25, -0.2) is 0 Å². The monoisotopic (exact) mass is 364 g/mol. The molecule has 2 aliphatic heterocycles. The quantitative estimate of drug-likeness (QED) is 0.880. The fraction of sp³-hybridized carbons (Fsp3) is 0.435. The highest BCUT2D eigenvalue weighted by molar-refractivity contribution is 5.83. The number of phenols is 1. The summed E-state index contributed by atoms with van der Waals surface area (Å²) in [5.74, 6) is 0.860. The standard InChI is InChI=1S/C23H28N2O2/c1-16-15-25-19(13-23(16,2)18-9-6-10-20(26)12-18)14-24-21(22(25)27)11-17-7-4-3-5-8-17/h3-10,12,16,19,21,24,26H,11,13-15H2,1-2H3/t16-,19+,21+,23+/m0/s1. The third-order valence-corrected chi connectivity index (χ3v) is 6.63. The SMILES string of the molecule is C[C@H]1CN2C(=O)[C@@H](Cc3ccccc3)NC[C@H]2C[C@@]1(C)c1cccc(O)c1. The Balaban J connectivity index is 1.52. The molecule has 1 amide bonds. The number of piperazine rings is 1. The van der Waals surface area contributed by atoms with Gasteiger partial charge in [0.2, 0.25) is 5.91 Å². The molecule has 2 aromatic carbocycles. The van der Waals surface area contributed by atoms with Gasteiger partial charge in [-0.1, -0.05) is 56.3 Å². The lowest BCUT2D eigenvalue weighted by atomic mass is 9.65. The van der Waals surface area contributed by atoms with Crippen molar-refractivity contribution in [3.63, 3.8) is 0 Å².